The topological polar surface area (TPSA) is 104 Å². The van der Waals surface area contributed by atoms with Crippen molar-refractivity contribution in [1.29, 1.82) is 0 Å². The van der Waals surface area contributed by atoms with Gasteiger partial charge in [0.1, 0.15) is 4.88 Å². The standard InChI is InChI=1S/C20H25N5O3S/c1-3-15-6-4-5-7-16(15)22-19(27)18(26)21-12-14-8-10-25(11-9-14)20(28)17-13(2)23-24-29-17/h4-7,14H,3,8-12H2,1-2H3,(H,21,26)(H,22,27). The first-order valence-corrected chi connectivity index (χ1v) is 10.5. The fourth-order valence-electron chi connectivity index (χ4n) is 3.36. The van der Waals surface area contributed by atoms with Crippen molar-refractivity contribution in [3.63, 3.8) is 0 Å². The zero-order valence-corrected chi connectivity index (χ0v) is 17.4. The number of para-hydroxylation sites is 1. The maximum atomic E-state index is 12.5. The summed E-state index contributed by atoms with van der Waals surface area (Å²) in [5.74, 6) is -1.10. The normalized spacial score (nSPS) is 14.5. The SMILES string of the molecule is CCc1ccccc1NC(=O)C(=O)NCC1CCN(C(=O)c2snnc2C)CC1. The summed E-state index contributed by atoms with van der Waals surface area (Å²) in [5.41, 5.74) is 2.30. The Morgan fingerprint density at radius 3 is 2.55 bits per heavy atom. The molecule has 0 atom stereocenters. The van der Waals surface area contributed by atoms with Gasteiger partial charge in [-0.05, 0) is 55.3 Å². The number of anilines is 1. The predicted molar refractivity (Wildman–Crippen MR) is 111 cm³/mol. The molecule has 1 aromatic carbocycles. The van der Waals surface area contributed by atoms with E-state index in [1.807, 2.05) is 25.1 Å². The van der Waals surface area contributed by atoms with Crippen LogP contribution in [0.2, 0.25) is 0 Å². The van der Waals surface area contributed by atoms with Crippen LogP contribution in [0.1, 0.15) is 40.7 Å². The van der Waals surface area contributed by atoms with E-state index in [1.165, 1.54) is 0 Å². The first-order valence-electron chi connectivity index (χ1n) is 9.75. The molecule has 3 amide bonds. The second-order valence-corrected chi connectivity index (χ2v) is 7.85. The molecule has 0 bridgehead atoms. The summed E-state index contributed by atoms with van der Waals surface area (Å²) in [7, 11) is 0. The number of likely N-dealkylation sites (tertiary alicyclic amines) is 1. The van der Waals surface area contributed by atoms with Gasteiger partial charge < -0.3 is 15.5 Å². The zero-order valence-electron chi connectivity index (χ0n) is 16.6. The maximum absolute atomic E-state index is 12.5. The van der Waals surface area contributed by atoms with Crippen molar-refractivity contribution in [2.24, 2.45) is 5.92 Å². The molecule has 1 aromatic heterocycles. The van der Waals surface area contributed by atoms with Crippen molar-refractivity contribution in [2.75, 3.05) is 25.0 Å². The van der Waals surface area contributed by atoms with Crippen molar-refractivity contribution in [1.82, 2.24) is 19.8 Å². The van der Waals surface area contributed by atoms with E-state index >= 15 is 0 Å². The van der Waals surface area contributed by atoms with Gasteiger partial charge in [-0.2, -0.15) is 0 Å². The molecule has 0 radical (unpaired) electrons. The summed E-state index contributed by atoms with van der Waals surface area (Å²) in [6.45, 7) is 5.43. The van der Waals surface area contributed by atoms with E-state index in [0.717, 1.165) is 36.4 Å². The van der Waals surface area contributed by atoms with E-state index in [-0.39, 0.29) is 11.8 Å². The summed E-state index contributed by atoms with van der Waals surface area (Å²) in [6.07, 6.45) is 2.32. The number of amides is 3. The van der Waals surface area contributed by atoms with Crippen molar-refractivity contribution in [3.8, 4) is 0 Å². The molecule has 0 aliphatic carbocycles. The predicted octanol–water partition coefficient (Wildman–Crippen LogP) is 2.02. The van der Waals surface area contributed by atoms with Gasteiger partial charge in [-0.1, -0.05) is 29.6 Å². The number of rotatable bonds is 5. The molecule has 0 spiro atoms. The minimum Gasteiger partial charge on any atom is -0.348 e. The monoisotopic (exact) mass is 415 g/mol. The largest absolute Gasteiger partial charge is 0.348 e. The third-order valence-electron chi connectivity index (χ3n) is 5.15. The molecule has 8 nitrogen and oxygen atoms in total. The van der Waals surface area contributed by atoms with Crippen LogP contribution in [-0.2, 0) is 16.0 Å². The average molecular weight is 416 g/mol. The van der Waals surface area contributed by atoms with Gasteiger partial charge in [0.25, 0.3) is 5.91 Å². The van der Waals surface area contributed by atoms with Crippen molar-refractivity contribution >= 4 is 34.9 Å². The van der Waals surface area contributed by atoms with E-state index in [1.54, 1.807) is 17.9 Å². The van der Waals surface area contributed by atoms with Gasteiger partial charge in [-0.25, -0.2) is 0 Å². The van der Waals surface area contributed by atoms with Gasteiger partial charge in [0, 0.05) is 25.3 Å². The van der Waals surface area contributed by atoms with Gasteiger partial charge in [-0.15, -0.1) is 5.10 Å². The zero-order chi connectivity index (χ0) is 20.8. The Labute approximate surface area is 173 Å². The van der Waals surface area contributed by atoms with Gasteiger partial charge in [0.2, 0.25) is 0 Å². The van der Waals surface area contributed by atoms with E-state index in [2.05, 4.69) is 20.2 Å². The molecule has 1 aliphatic heterocycles. The van der Waals surface area contributed by atoms with E-state index in [0.29, 0.717) is 35.9 Å². The Balaban J connectivity index is 1.44. The number of nitrogens with zero attached hydrogens (tertiary/aromatic N) is 3. The summed E-state index contributed by atoms with van der Waals surface area (Å²) in [4.78, 5) is 39.2. The molecule has 2 N–H and O–H groups in total. The lowest BCUT2D eigenvalue weighted by molar-refractivity contribution is -0.136. The van der Waals surface area contributed by atoms with Crippen LogP contribution in [0.4, 0.5) is 5.69 Å². The lowest BCUT2D eigenvalue weighted by atomic mass is 9.96. The van der Waals surface area contributed by atoms with Crippen molar-refractivity contribution in [2.45, 2.75) is 33.1 Å². The number of benzene rings is 1. The number of carbonyl (C=O) groups is 3. The van der Waals surface area contributed by atoms with E-state index in [4.69, 9.17) is 0 Å². The van der Waals surface area contributed by atoms with Crippen molar-refractivity contribution < 1.29 is 14.4 Å². The van der Waals surface area contributed by atoms with Gasteiger partial charge in [-0.3, -0.25) is 14.4 Å². The molecule has 1 fully saturated rings. The number of aryl methyl sites for hydroxylation is 2. The number of hydrogen-bond acceptors (Lipinski definition) is 6. The van der Waals surface area contributed by atoms with Crippen LogP contribution in [-0.4, -0.2) is 51.8 Å². The molecule has 154 valence electrons. The second-order valence-electron chi connectivity index (χ2n) is 7.10. The molecular formula is C20H25N5O3S. The number of piperidine rings is 1. The molecule has 9 heteroatoms. The molecule has 2 aromatic rings. The fraction of sp³-hybridized carbons (Fsp3) is 0.450. The summed E-state index contributed by atoms with van der Waals surface area (Å²) < 4.78 is 3.82. The third kappa shape index (κ3) is 5.17. The number of nitrogens with one attached hydrogen (secondary N) is 2. The first-order chi connectivity index (χ1) is 14.0. The molecule has 1 saturated heterocycles. The maximum Gasteiger partial charge on any atom is 0.313 e. The van der Waals surface area contributed by atoms with Crippen molar-refractivity contribution in [3.05, 3.63) is 40.4 Å². The van der Waals surface area contributed by atoms with Gasteiger partial charge in [0.15, 0.2) is 0 Å². The highest BCUT2D eigenvalue weighted by Crippen LogP contribution is 2.21. The lowest BCUT2D eigenvalue weighted by Gasteiger charge is -2.31. The molecular weight excluding hydrogens is 390 g/mol. The van der Waals surface area contributed by atoms with Crippen LogP contribution in [0.25, 0.3) is 0 Å². The Kier molecular flexibility index (Phi) is 6.92. The van der Waals surface area contributed by atoms with Crippen LogP contribution in [0.5, 0.6) is 0 Å². The number of hydrogen-bond donors (Lipinski definition) is 2. The van der Waals surface area contributed by atoms with E-state index < -0.39 is 11.8 Å². The van der Waals surface area contributed by atoms with E-state index in [9.17, 15) is 14.4 Å². The van der Waals surface area contributed by atoms with Crippen LogP contribution < -0.4 is 10.6 Å². The summed E-state index contributed by atoms with van der Waals surface area (Å²) in [6, 6.07) is 7.44. The minimum absolute atomic E-state index is 0.0334. The molecule has 3 rings (SSSR count). The average Bonchev–Trinajstić information content (AvgIpc) is 3.18. The quantitative estimate of drug-likeness (QED) is 0.727. The van der Waals surface area contributed by atoms with Crippen LogP contribution in [0.15, 0.2) is 24.3 Å². The highest BCUT2D eigenvalue weighted by atomic mass is 32.1. The number of aromatic nitrogens is 2. The van der Waals surface area contributed by atoms with Gasteiger partial charge in [0.05, 0.1) is 5.69 Å². The Morgan fingerprint density at radius 1 is 1.17 bits per heavy atom. The Morgan fingerprint density at radius 2 is 1.90 bits per heavy atom. The molecule has 0 saturated carbocycles. The Bertz CT molecular complexity index is 890. The van der Waals surface area contributed by atoms with Crippen LogP contribution in [0.3, 0.4) is 0 Å². The highest BCUT2D eigenvalue weighted by molar-refractivity contribution is 7.07. The molecule has 1 aliphatic rings. The molecule has 0 unspecified atom stereocenters. The molecule has 2 heterocycles. The lowest BCUT2D eigenvalue weighted by Crippen LogP contribution is -2.43. The summed E-state index contributed by atoms with van der Waals surface area (Å²) >= 11 is 1.12. The van der Waals surface area contributed by atoms with Gasteiger partial charge >= 0.3 is 11.8 Å². The fourth-order valence-corrected chi connectivity index (χ4v) is 3.98. The summed E-state index contributed by atoms with van der Waals surface area (Å²) in [5, 5.41) is 9.28. The minimum atomic E-state index is -0.660. The third-order valence-corrected chi connectivity index (χ3v) is 5.97. The highest BCUT2D eigenvalue weighted by Gasteiger charge is 2.26. The number of carbonyl (C=O) groups excluding carboxylic acids is 3. The van der Waals surface area contributed by atoms with Crippen LogP contribution in [0, 0.1) is 12.8 Å². The second kappa shape index (κ2) is 9.60. The molecule has 29 heavy (non-hydrogen) atoms. The van der Waals surface area contributed by atoms with Crippen LogP contribution >= 0.6 is 11.5 Å². The smallest absolute Gasteiger partial charge is 0.313 e. The Hall–Kier alpha value is -2.81. The first kappa shape index (κ1) is 20.9.